The Kier molecular flexibility index (Phi) is 4.20. The molecular formula is C8H9Cl2N5. The Labute approximate surface area is 97.2 Å². The van der Waals surface area contributed by atoms with Crippen molar-refractivity contribution in [2.24, 2.45) is 21.0 Å². The number of aliphatic imine (C=N–C) groups is 1. The van der Waals surface area contributed by atoms with Gasteiger partial charge >= 0.3 is 0 Å². The fraction of sp³-hybridized carbons (Fsp3) is 0. The van der Waals surface area contributed by atoms with Gasteiger partial charge in [-0.25, -0.2) is 4.99 Å². The third-order valence-electron chi connectivity index (χ3n) is 1.49. The number of guanidine groups is 2. The lowest BCUT2D eigenvalue weighted by Crippen LogP contribution is -2.39. The minimum atomic E-state index is -0.143. The van der Waals surface area contributed by atoms with E-state index < -0.39 is 0 Å². The minimum Gasteiger partial charge on any atom is -0.368 e. The lowest BCUT2D eigenvalue weighted by Gasteiger charge is -2.11. The van der Waals surface area contributed by atoms with Gasteiger partial charge in [0.1, 0.15) is 0 Å². The molecule has 0 aliphatic rings. The molecule has 0 fully saturated rings. The molecule has 5 nitrogen and oxygen atoms in total. The summed E-state index contributed by atoms with van der Waals surface area (Å²) >= 11 is 10.8. The van der Waals surface area contributed by atoms with E-state index in [-0.39, 0.29) is 11.9 Å². The molecule has 0 amide bonds. The van der Waals surface area contributed by atoms with Crippen molar-refractivity contribution in [2.45, 2.75) is 0 Å². The number of halogens is 2. The highest BCUT2D eigenvalue weighted by atomic mass is 35.5. The van der Waals surface area contributed by atoms with Crippen LogP contribution in [0.5, 0.6) is 0 Å². The van der Waals surface area contributed by atoms with Gasteiger partial charge in [-0.1, -0.05) is 18.2 Å². The van der Waals surface area contributed by atoms with E-state index >= 15 is 0 Å². The van der Waals surface area contributed by atoms with E-state index in [1.54, 1.807) is 12.1 Å². The van der Waals surface area contributed by atoms with Crippen LogP contribution in [0.3, 0.4) is 0 Å². The van der Waals surface area contributed by atoms with Gasteiger partial charge in [-0.3, -0.25) is 0 Å². The first-order valence-corrected chi connectivity index (χ1v) is 4.62. The first-order chi connectivity index (χ1) is 7.15. The maximum atomic E-state index is 5.67. The van der Waals surface area contributed by atoms with E-state index in [0.717, 1.165) is 4.42 Å². The van der Waals surface area contributed by atoms with Crippen molar-refractivity contribution < 1.29 is 0 Å². The normalized spacial score (nSPS) is 12.7. The minimum absolute atomic E-state index is 0.00948. The standard InChI is InChI=1S/C8H9Cl2N5/c9-14-8(12)15(10)7(11)13-6-4-2-1-3-5-6/h1-5H,(H2,11,13)(H2,12,14). The molecule has 0 unspecified atom stereocenters. The van der Waals surface area contributed by atoms with Crippen molar-refractivity contribution in [1.29, 1.82) is 0 Å². The van der Waals surface area contributed by atoms with E-state index in [1.807, 2.05) is 18.2 Å². The summed E-state index contributed by atoms with van der Waals surface area (Å²) < 4.78 is 4.01. The molecule has 0 spiro atoms. The van der Waals surface area contributed by atoms with Gasteiger partial charge in [0.25, 0.3) is 0 Å². The predicted octanol–water partition coefficient (Wildman–Crippen LogP) is 1.56. The van der Waals surface area contributed by atoms with Crippen molar-refractivity contribution in [2.75, 3.05) is 0 Å². The second kappa shape index (κ2) is 5.43. The molecule has 0 aromatic heterocycles. The summed E-state index contributed by atoms with van der Waals surface area (Å²) in [7, 11) is 0. The van der Waals surface area contributed by atoms with Gasteiger partial charge in [0.2, 0.25) is 11.9 Å². The lowest BCUT2D eigenvalue weighted by molar-refractivity contribution is 0.943. The summed E-state index contributed by atoms with van der Waals surface area (Å²) in [6.07, 6.45) is 0. The van der Waals surface area contributed by atoms with Crippen LogP contribution in [0.1, 0.15) is 0 Å². The predicted molar refractivity (Wildman–Crippen MR) is 62.9 cm³/mol. The third kappa shape index (κ3) is 3.30. The number of nitrogens with zero attached hydrogens (tertiary/aromatic N) is 3. The third-order valence-corrected chi connectivity index (χ3v) is 2.01. The quantitative estimate of drug-likeness (QED) is 0.448. The van der Waals surface area contributed by atoms with E-state index in [4.69, 9.17) is 35.0 Å². The Morgan fingerprint density at radius 3 is 2.27 bits per heavy atom. The number of rotatable bonds is 1. The molecule has 1 rings (SSSR count). The first kappa shape index (κ1) is 11.6. The fourth-order valence-electron chi connectivity index (χ4n) is 0.829. The van der Waals surface area contributed by atoms with Crippen LogP contribution in [-0.4, -0.2) is 16.3 Å². The van der Waals surface area contributed by atoms with E-state index in [9.17, 15) is 0 Å². The molecule has 0 aliphatic carbocycles. The second-order valence-corrected chi connectivity index (χ2v) is 3.04. The molecule has 80 valence electrons. The van der Waals surface area contributed by atoms with Crippen molar-refractivity contribution in [3.8, 4) is 0 Å². The number of benzene rings is 1. The van der Waals surface area contributed by atoms with E-state index in [1.165, 1.54) is 0 Å². The maximum absolute atomic E-state index is 5.67. The van der Waals surface area contributed by atoms with Crippen molar-refractivity contribution >= 4 is 41.2 Å². The van der Waals surface area contributed by atoms with Crippen LogP contribution < -0.4 is 11.5 Å². The smallest absolute Gasteiger partial charge is 0.230 e. The van der Waals surface area contributed by atoms with Crippen molar-refractivity contribution in [3.05, 3.63) is 30.3 Å². The monoisotopic (exact) mass is 245 g/mol. The van der Waals surface area contributed by atoms with Gasteiger partial charge in [-0.05, 0) is 12.1 Å². The molecule has 0 aliphatic heterocycles. The van der Waals surface area contributed by atoms with Gasteiger partial charge in [-0.2, -0.15) is 4.42 Å². The number of hydrogen-bond donors (Lipinski definition) is 2. The molecule has 0 saturated carbocycles. The Hall–Kier alpha value is -1.46. The molecule has 4 N–H and O–H groups in total. The van der Waals surface area contributed by atoms with Crippen LogP contribution >= 0.6 is 23.6 Å². The van der Waals surface area contributed by atoms with Crippen molar-refractivity contribution in [3.63, 3.8) is 0 Å². The molecule has 1 aromatic carbocycles. The highest BCUT2D eigenvalue weighted by Crippen LogP contribution is 2.10. The zero-order valence-electron chi connectivity index (χ0n) is 7.64. The molecule has 0 atom stereocenters. The number of nitrogens with two attached hydrogens (primary N) is 2. The average molecular weight is 246 g/mol. The van der Waals surface area contributed by atoms with Crippen LogP contribution in [0.2, 0.25) is 0 Å². The molecule has 7 heteroatoms. The SMILES string of the molecule is NC(=Nc1ccccc1)N(Cl)/C(N)=N/Cl. The Balaban J connectivity index is 2.85. The van der Waals surface area contributed by atoms with Gasteiger partial charge < -0.3 is 11.5 Å². The van der Waals surface area contributed by atoms with Gasteiger partial charge in [0.05, 0.1) is 5.69 Å². The van der Waals surface area contributed by atoms with Crippen LogP contribution in [0, 0.1) is 0 Å². The van der Waals surface area contributed by atoms with E-state index in [0.29, 0.717) is 5.69 Å². The highest BCUT2D eigenvalue weighted by molar-refractivity contribution is 6.33. The summed E-state index contributed by atoms with van der Waals surface area (Å²) in [5, 5.41) is 0. The van der Waals surface area contributed by atoms with Crippen LogP contribution in [0.15, 0.2) is 39.8 Å². The van der Waals surface area contributed by atoms with Crippen LogP contribution in [0.4, 0.5) is 5.69 Å². The molecule has 15 heavy (non-hydrogen) atoms. The van der Waals surface area contributed by atoms with E-state index in [2.05, 4.69) is 9.50 Å². The summed E-state index contributed by atoms with van der Waals surface area (Å²) in [5.41, 5.74) is 11.5. The van der Waals surface area contributed by atoms with Gasteiger partial charge in [0, 0.05) is 23.6 Å². The topological polar surface area (TPSA) is 80.0 Å². The zero-order valence-corrected chi connectivity index (χ0v) is 9.15. The zero-order chi connectivity index (χ0) is 11.3. The molecule has 0 saturated heterocycles. The van der Waals surface area contributed by atoms with Crippen molar-refractivity contribution in [1.82, 2.24) is 4.42 Å². The second-order valence-electron chi connectivity index (χ2n) is 2.53. The molecule has 0 radical (unpaired) electrons. The molecule has 1 aromatic rings. The molecule has 0 heterocycles. The van der Waals surface area contributed by atoms with Crippen LogP contribution in [-0.2, 0) is 0 Å². The van der Waals surface area contributed by atoms with Gasteiger partial charge in [0.15, 0.2) is 0 Å². The molecular weight excluding hydrogens is 237 g/mol. The largest absolute Gasteiger partial charge is 0.368 e. The summed E-state index contributed by atoms with van der Waals surface area (Å²) in [5.74, 6) is -0.153. The summed E-state index contributed by atoms with van der Waals surface area (Å²) in [4.78, 5) is 4.00. The summed E-state index contributed by atoms with van der Waals surface area (Å²) in [6, 6.07) is 9.05. The maximum Gasteiger partial charge on any atom is 0.230 e. The average Bonchev–Trinajstić information content (AvgIpc) is 2.28. The Morgan fingerprint density at radius 2 is 1.73 bits per heavy atom. The van der Waals surface area contributed by atoms with Crippen LogP contribution in [0.25, 0.3) is 0 Å². The first-order valence-electron chi connectivity index (χ1n) is 3.94. The Bertz CT molecular complexity index is 376. The highest BCUT2D eigenvalue weighted by Gasteiger charge is 2.08. The summed E-state index contributed by atoms with van der Waals surface area (Å²) in [6.45, 7) is 0. The van der Waals surface area contributed by atoms with Gasteiger partial charge in [-0.15, -0.1) is 4.51 Å². The lowest BCUT2D eigenvalue weighted by atomic mass is 10.3. The molecule has 0 bridgehead atoms. The fourth-order valence-corrected chi connectivity index (χ4v) is 1.02. The number of para-hydroxylation sites is 1. The number of hydrogen-bond acceptors (Lipinski definition) is 2. The Morgan fingerprint density at radius 1 is 1.13 bits per heavy atom.